The van der Waals surface area contributed by atoms with Crippen molar-refractivity contribution in [3.05, 3.63) is 22.7 Å². The average molecular weight is 373 g/mol. The molecule has 2 fully saturated rings. The number of halogens is 1. The topological polar surface area (TPSA) is 63.4 Å². The van der Waals surface area contributed by atoms with Crippen LogP contribution in [0.3, 0.4) is 0 Å². The van der Waals surface area contributed by atoms with Gasteiger partial charge in [0.1, 0.15) is 4.90 Å². The molecule has 4 nitrogen and oxygen atoms in total. The van der Waals surface area contributed by atoms with Crippen molar-refractivity contribution in [2.75, 3.05) is 12.3 Å². The highest BCUT2D eigenvalue weighted by Crippen LogP contribution is 2.39. The first-order chi connectivity index (χ1) is 10.00. The molecule has 2 N–H and O–H groups in total. The lowest BCUT2D eigenvalue weighted by Crippen LogP contribution is -2.49. The van der Waals surface area contributed by atoms with Crippen LogP contribution in [-0.2, 0) is 10.0 Å². The third kappa shape index (κ3) is 2.85. The summed E-state index contributed by atoms with van der Waals surface area (Å²) in [5, 5.41) is 0. The van der Waals surface area contributed by atoms with E-state index in [9.17, 15) is 8.42 Å². The van der Waals surface area contributed by atoms with E-state index in [0.717, 1.165) is 36.6 Å². The van der Waals surface area contributed by atoms with Crippen LogP contribution in [-0.4, -0.2) is 25.3 Å². The van der Waals surface area contributed by atoms with E-state index in [1.165, 1.54) is 6.42 Å². The number of hydrogen-bond acceptors (Lipinski definition) is 3. The standard InChI is InChI=1S/C15H21BrN2O2S/c16-12-7-8-13(17)15(10-12)21(19,20)18-9-3-5-11-4-1-2-6-14(11)18/h7-8,10-11,14H,1-6,9,17H2/t11-,14-/m1/s1. The summed E-state index contributed by atoms with van der Waals surface area (Å²) in [6.45, 7) is 0.620. The Morgan fingerprint density at radius 3 is 2.67 bits per heavy atom. The van der Waals surface area contributed by atoms with Crippen molar-refractivity contribution in [2.24, 2.45) is 5.92 Å². The third-order valence-corrected chi connectivity index (χ3v) is 7.23. The molecule has 0 aromatic heterocycles. The fourth-order valence-electron chi connectivity index (χ4n) is 3.74. The monoisotopic (exact) mass is 372 g/mol. The van der Waals surface area contributed by atoms with Gasteiger partial charge in [0.05, 0.1) is 5.69 Å². The Kier molecular flexibility index (Phi) is 4.30. The number of piperidine rings is 1. The average Bonchev–Trinajstić information content (AvgIpc) is 2.49. The zero-order chi connectivity index (χ0) is 15.0. The second-order valence-electron chi connectivity index (χ2n) is 6.05. The van der Waals surface area contributed by atoms with Crippen LogP contribution in [0.4, 0.5) is 5.69 Å². The molecule has 2 atom stereocenters. The summed E-state index contributed by atoms with van der Waals surface area (Å²) < 4.78 is 28.5. The predicted octanol–water partition coefficient (Wildman–Crippen LogP) is 3.37. The van der Waals surface area contributed by atoms with Gasteiger partial charge in [0.2, 0.25) is 10.0 Å². The first kappa shape index (κ1) is 15.3. The van der Waals surface area contributed by atoms with E-state index in [-0.39, 0.29) is 10.9 Å². The summed E-state index contributed by atoms with van der Waals surface area (Å²) in [4.78, 5) is 0.239. The van der Waals surface area contributed by atoms with Crippen LogP contribution in [0.1, 0.15) is 38.5 Å². The molecule has 6 heteroatoms. The first-order valence-corrected chi connectivity index (χ1v) is 9.80. The molecule has 21 heavy (non-hydrogen) atoms. The van der Waals surface area contributed by atoms with Crippen LogP contribution < -0.4 is 5.73 Å². The maximum Gasteiger partial charge on any atom is 0.245 e. The Balaban J connectivity index is 1.98. The minimum Gasteiger partial charge on any atom is -0.398 e. The van der Waals surface area contributed by atoms with Gasteiger partial charge in [0.25, 0.3) is 0 Å². The number of sulfonamides is 1. The zero-order valence-corrected chi connectivity index (χ0v) is 14.4. The number of nitrogen functional groups attached to an aromatic ring is 1. The van der Waals surface area contributed by atoms with E-state index in [4.69, 9.17) is 5.73 Å². The van der Waals surface area contributed by atoms with E-state index in [0.29, 0.717) is 18.2 Å². The quantitative estimate of drug-likeness (QED) is 0.809. The molecule has 1 aliphatic carbocycles. The van der Waals surface area contributed by atoms with Crippen LogP contribution >= 0.6 is 15.9 Å². The predicted molar refractivity (Wildman–Crippen MR) is 87.4 cm³/mol. The number of benzene rings is 1. The van der Waals surface area contributed by atoms with Crippen molar-refractivity contribution in [2.45, 2.75) is 49.5 Å². The number of fused-ring (bicyclic) bond motifs is 1. The van der Waals surface area contributed by atoms with Gasteiger partial charge < -0.3 is 5.73 Å². The van der Waals surface area contributed by atoms with Gasteiger partial charge in [-0.3, -0.25) is 0 Å². The number of hydrogen-bond donors (Lipinski definition) is 1. The molecule has 1 aliphatic heterocycles. The summed E-state index contributed by atoms with van der Waals surface area (Å²) in [5.74, 6) is 0.524. The van der Waals surface area contributed by atoms with E-state index in [1.807, 2.05) is 0 Å². The number of nitrogens with two attached hydrogens (primary N) is 1. The molecule has 0 unspecified atom stereocenters. The molecule has 1 saturated heterocycles. The van der Waals surface area contributed by atoms with Gasteiger partial charge in [-0.25, -0.2) is 8.42 Å². The van der Waals surface area contributed by atoms with Crippen molar-refractivity contribution >= 4 is 31.6 Å². The maximum atomic E-state index is 13.0. The molecular formula is C15H21BrN2O2S. The minimum atomic E-state index is -3.51. The van der Waals surface area contributed by atoms with Crippen molar-refractivity contribution < 1.29 is 8.42 Å². The van der Waals surface area contributed by atoms with Gasteiger partial charge in [-0.2, -0.15) is 4.31 Å². The van der Waals surface area contributed by atoms with E-state index < -0.39 is 10.0 Å². The van der Waals surface area contributed by atoms with Crippen molar-refractivity contribution in [3.8, 4) is 0 Å². The smallest absolute Gasteiger partial charge is 0.245 e. The largest absolute Gasteiger partial charge is 0.398 e. The lowest BCUT2D eigenvalue weighted by atomic mass is 9.79. The van der Waals surface area contributed by atoms with Crippen LogP contribution in [0.15, 0.2) is 27.6 Å². The van der Waals surface area contributed by atoms with Crippen LogP contribution in [0, 0.1) is 5.92 Å². The third-order valence-electron chi connectivity index (χ3n) is 4.75. The molecule has 0 amide bonds. The van der Waals surface area contributed by atoms with Gasteiger partial charge in [-0.05, 0) is 49.8 Å². The van der Waals surface area contributed by atoms with Gasteiger partial charge >= 0.3 is 0 Å². The Hall–Kier alpha value is -0.590. The molecule has 116 valence electrons. The number of nitrogens with zero attached hydrogens (tertiary/aromatic N) is 1. The Morgan fingerprint density at radius 2 is 1.86 bits per heavy atom. The molecule has 0 radical (unpaired) electrons. The summed E-state index contributed by atoms with van der Waals surface area (Å²) in [7, 11) is -3.51. The lowest BCUT2D eigenvalue weighted by Gasteiger charge is -2.43. The van der Waals surface area contributed by atoms with Crippen LogP contribution in [0.5, 0.6) is 0 Å². The molecular weight excluding hydrogens is 352 g/mol. The summed E-state index contributed by atoms with van der Waals surface area (Å²) in [6, 6.07) is 5.21. The van der Waals surface area contributed by atoms with Gasteiger partial charge in [-0.1, -0.05) is 28.8 Å². The molecule has 3 rings (SSSR count). The minimum absolute atomic E-state index is 0.163. The highest BCUT2D eigenvalue weighted by atomic mass is 79.9. The number of anilines is 1. The Bertz CT molecular complexity index is 631. The summed E-state index contributed by atoms with van der Waals surface area (Å²) >= 11 is 3.34. The van der Waals surface area contributed by atoms with Crippen molar-refractivity contribution in [1.29, 1.82) is 0 Å². The Labute approximate surface area is 134 Å². The normalized spacial score (nSPS) is 27.3. The van der Waals surface area contributed by atoms with E-state index in [2.05, 4.69) is 15.9 Å². The fourth-order valence-corrected chi connectivity index (χ4v) is 6.15. The van der Waals surface area contributed by atoms with Crippen LogP contribution in [0.2, 0.25) is 0 Å². The van der Waals surface area contributed by atoms with E-state index in [1.54, 1.807) is 22.5 Å². The molecule has 0 bridgehead atoms. The summed E-state index contributed by atoms with van der Waals surface area (Å²) in [5.41, 5.74) is 6.25. The molecule has 2 aliphatic rings. The van der Waals surface area contributed by atoms with Gasteiger partial charge in [-0.15, -0.1) is 0 Å². The molecule has 1 aromatic rings. The highest BCUT2D eigenvalue weighted by Gasteiger charge is 2.40. The molecule has 1 saturated carbocycles. The molecule has 1 aromatic carbocycles. The highest BCUT2D eigenvalue weighted by molar-refractivity contribution is 9.10. The zero-order valence-electron chi connectivity index (χ0n) is 12.0. The van der Waals surface area contributed by atoms with Crippen LogP contribution in [0.25, 0.3) is 0 Å². The molecule has 0 spiro atoms. The van der Waals surface area contributed by atoms with Crippen molar-refractivity contribution in [3.63, 3.8) is 0 Å². The van der Waals surface area contributed by atoms with Gasteiger partial charge in [0.15, 0.2) is 0 Å². The second-order valence-corrected chi connectivity index (χ2v) is 8.83. The summed E-state index contributed by atoms with van der Waals surface area (Å²) in [6.07, 6.45) is 6.61. The maximum absolute atomic E-state index is 13.0. The molecule has 1 heterocycles. The number of rotatable bonds is 2. The fraction of sp³-hybridized carbons (Fsp3) is 0.600. The Morgan fingerprint density at radius 1 is 1.14 bits per heavy atom. The SMILES string of the molecule is Nc1ccc(Br)cc1S(=O)(=O)N1CCC[C@H]2CCCC[C@H]21. The van der Waals surface area contributed by atoms with Gasteiger partial charge in [0, 0.05) is 17.1 Å². The lowest BCUT2D eigenvalue weighted by molar-refractivity contribution is 0.129. The second kappa shape index (κ2) is 5.89. The van der Waals surface area contributed by atoms with Crippen molar-refractivity contribution in [1.82, 2.24) is 4.31 Å². The van der Waals surface area contributed by atoms with E-state index >= 15 is 0 Å². The first-order valence-electron chi connectivity index (χ1n) is 7.57.